The molecule has 0 spiro atoms. The van der Waals surface area contributed by atoms with Crippen LogP contribution < -0.4 is 14.8 Å². The quantitative estimate of drug-likeness (QED) is 0.571. The maximum atomic E-state index is 5.70. The molecule has 0 aromatic heterocycles. The van der Waals surface area contributed by atoms with Gasteiger partial charge in [0.25, 0.3) is 0 Å². The maximum Gasteiger partial charge on any atom is 0.122 e. The van der Waals surface area contributed by atoms with Crippen LogP contribution in [0.4, 0.5) is 5.69 Å². The second-order valence-corrected chi connectivity index (χ2v) is 5.70. The van der Waals surface area contributed by atoms with Crippen molar-refractivity contribution in [2.45, 2.75) is 6.42 Å². The number of para-hydroxylation sites is 1. The fourth-order valence-corrected chi connectivity index (χ4v) is 2.50. The molecule has 0 atom stereocenters. The van der Waals surface area contributed by atoms with Crippen LogP contribution in [0.1, 0.15) is 5.56 Å². The van der Waals surface area contributed by atoms with E-state index in [0.717, 1.165) is 30.2 Å². The van der Waals surface area contributed by atoms with Gasteiger partial charge in [0, 0.05) is 12.2 Å². The highest BCUT2D eigenvalue weighted by atomic mass is 16.5. The van der Waals surface area contributed by atoms with Crippen molar-refractivity contribution in [3.8, 4) is 11.5 Å². The van der Waals surface area contributed by atoms with Crippen LogP contribution in [0.5, 0.6) is 11.5 Å². The summed E-state index contributed by atoms with van der Waals surface area (Å²) in [6.45, 7) is 1.96. The van der Waals surface area contributed by atoms with Crippen molar-refractivity contribution >= 4 is 5.69 Å². The first-order valence-electron chi connectivity index (χ1n) is 8.59. The first kappa shape index (κ1) is 16.9. The van der Waals surface area contributed by atoms with Crippen LogP contribution in [-0.2, 0) is 6.42 Å². The summed E-state index contributed by atoms with van der Waals surface area (Å²) in [5.41, 5.74) is 2.44. The fourth-order valence-electron chi connectivity index (χ4n) is 2.50. The zero-order chi connectivity index (χ0) is 17.2. The normalized spacial score (nSPS) is 10.2. The van der Waals surface area contributed by atoms with E-state index in [9.17, 15) is 0 Å². The summed E-state index contributed by atoms with van der Waals surface area (Å²) >= 11 is 0. The van der Waals surface area contributed by atoms with Crippen molar-refractivity contribution in [3.63, 3.8) is 0 Å². The minimum absolute atomic E-state index is 0.523. The zero-order valence-corrected chi connectivity index (χ0v) is 14.2. The molecule has 3 aromatic rings. The summed E-state index contributed by atoms with van der Waals surface area (Å²) in [5, 5.41) is 3.43. The van der Waals surface area contributed by atoms with Crippen molar-refractivity contribution in [1.29, 1.82) is 0 Å². The fraction of sp³-hybridized carbons (Fsp3) is 0.182. The maximum absolute atomic E-state index is 5.70. The van der Waals surface area contributed by atoms with Gasteiger partial charge in [-0.2, -0.15) is 0 Å². The van der Waals surface area contributed by atoms with Gasteiger partial charge in [-0.15, -0.1) is 0 Å². The molecule has 3 nitrogen and oxygen atoms in total. The average molecular weight is 333 g/mol. The second-order valence-electron chi connectivity index (χ2n) is 5.70. The van der Waals surface area contributed by atoms with E-state index in [-0.39, 0.29) is 0 Å². The number of hydrogen-bond donors (Lipinski definition) is 1. The third-order valence-corrected chi connectivity index (χ3v) is 3.80. The Kier molecular flexibility index (Phi) is 6.34. The lowest BCUT2D eigenvalue weighted by Gasteiger charge is -2.10. The van der Waals surface area contributed by atoms with Gasteiger partial charge in [0.1, 0.15) is 24.7 Å². The van der Waals surface area contributed by atoms with Crippen molar-refractivity contribution in [2.24, 2.45) is 0 Å². The van der Waals surface area contributed by atoms with Crippen molar-refractivity contribution in [2.75, 3.05) is 25.1 Å². The first-order valence-corrected chi connectivity index (χ1v) is 8.59. The van der Waals surface area contributed by atoms with Gasteiger partial charge in [0.15, 0.2) is 0 Å². The lowest BCUT2D eigenvalue weighted by atomic mass is 10.1. The molecular formula is C22H23NO2. The molecule has 0 fully saturated rings. The molecule has 3 heteroatoms. The molecule has 0 aliphatic heterocycles. The Bertz CT molecular complexity index is 727. The lowest BCUT2D eigenvalue weighted by Crippen LogP contribution is -2.09. The Hall–Kier alpha value is -2.94. The third kappa shape index (κ3) is 5.88. The number of anilines is 1. The predicted molar refractivity (Wildman–Crippen MR) is 103 cm³/mol. The van der Waals surface area contributed by atoms with E-state index in [1.165, 1.54) is 5.56 Å². The predicted octanol–water partition coefficient (Wildman–Crippen LogP) is 4.80. The third-order valence-electron chi connectivity index (χ3n) is 3.80. The van der Waals surface area contributed by atoms with E-state index in [2.05, 4.69) is 29.6 Å². The van der Waals surface area contributed by atoms with Gasteiger partial charge in [-0.3, -0.25) is 0 Å². The smallest absolute Gasteiger partial charge is 0.122 e. The van der Waals surface area contributed by atoms with Crippen LogP contribution in [0.2, 0.25) is 0 Å². The lowest BCUT2D eigenvalue weighted by molar-refractivity contribution is 0.217. The van der Waals surface area contributed by atoms with Crippen molar-refractivity contribution in [1.82, 2.24) is 0 Å². The van der Waals surface area contributed by atoms with Gasteiger partial charge in [-0.05, 0) is 48.4 Å². The Balaban J connectivity index is 1.35. The van der Waals surface area contributed by atoms with E-state index in [1.54, 1.807) is 0 Å². The Morgan fingerprint density at radius 2 is 1.16 bits per heavy atom. The monoisotopic (exact) mass is 333 g/mol. The van der Waals surface area contributed by atoms with Gasteiger partial charge in [0.05, 0.1) is 0 Å². The molecule has 0 unspecified atom stereocenters. The molecule has 0 saturated heterocycles. The molecular weight excluding hydrogens is 310 g/mol. The van der Waals surface area contributed by atoms with E-state index in [0.29, 0.717) is 13.2 Å². The molecule has 0 amide bonds. The number of ether oxygens (including phenoxy) is 2. The molecule has 128 valence electrons. The second kappa shape index (κ2) is 9.38. The van der Waals surface area contributed by atoms with Gasteiger partial charge in [-0.1, -0.05) is 48.5 Å². The number of benzene rings is 3. The number of hydrogen-bond acceptors (Lipinski definition) is 3. The molecule has 0 saturated carbocycles. The zero-order valence-electron chi connectivity index (χ0n) is 14.2. The molecule has 3 rings (SSSR count). The van der Waals surface area contributed by atoms with Crippen LogP contribution in [-0.4, -0.2) is 19.8 Å². The number of nitrogens with one attached hydrogen (secondary N) is 1. The number of rotatable bonds is 9. The average Bonchev–Trinajstić information content (AvgIpc) is 2.68. The van der Waals surface area contributed by atoms with E-state index < -0.39 is 0 Å². The van der Waals surface area contributed by atoms with Gasteiger partial charge in [0.2, 0.25) is 0 Å². The molecule has 25 heavy (non-hydrogen) atoms. The van der Waals surface area contributed by atoms with E-state index in [4.69, 9.17) is 9.47 Å². The Morgan fingerprint density at radius 3 is 1.80 bits per heavy atom. The SMILES string of the molecule is c1ccc(CCNc2ccc(OCCOc3ccccc3)cc2)cc1. The first-order chi connectivity index (χ1) is 12.4. The topological polar surface area (TPSA) is 30.5 Å². The largest absolute Gasteiger partial charge is 0.490 e. The molecule has 3 aromatic carbocycles. The van der Waals surface area contributed by atoms with Crippen LogP contribution in [0.25, 0.3) is 0 Å². The molecule has 0 radical (unpaired) electrons. The highest BCUT2D eigenvalue weighted by Crippen LogP contribution is 2.16. The Labute approximate surface area is 149 Å². The Morgan fingerprint density at radius 1 is 0.600 bits per heavy atom. The summed E-state index contributed by atoms with van der Waals surface area (Å²) in [5.74, 6) is 1.72. The molecule has 1 N–H and O–H groups in total. The highest BCUT2D eigenvalue weighted by Gasteiger charge is 1.97. The van der Waals surface area contributed by atoms with Crippen LogP contribution in [0, 0.1) is 0 Å². The van der Waals surface area contributed by atoms with E-state index in [1.807, 2.05) is 60.7 Å². The standard InChI is InChI=1S/C22H23NO2/c1-3-7-19(8-4-1)15-16-23-20-11-13-22(14-12-20)25-18-17-24-21-9-5-2-6-10-21/h1-14,23H,15-18H2. The molecule has 0 aliphatic rings. The van der Waals surface area contributed by atoms with Crippen molar-refractivity contribution in [3.05, 3.63) is 90.5 Å². The van der Waals surface area contributed by atoms with E-state index >= 15 is 0 Å². The van der Waals surface area contributed by atoms with Gasteiger partial charge < -0.3 is 14.8 Å². The molecule has 0 bridgehead atoms. The van der Waals surface area contributed by atoms with Crippen LogP contribution in [0.3, 0.4) is 0 Å². The minimum Gasteiger partial charge on any atom is -0.490 e. The van der Waals surface area contributed by atoms with Crippen LogP contribution in [0.15, 0.2) is 84.9 Å². The summed E-state index contributed by atoms with van der Waals surface area (Å²) in [4.78, 5) is 0. The molecule has 0 aliphatic carbocycles. The summed E-state index contributed by atoms with van der Waals surface area (Å²) in [6.07, 6.45) is 1.01. The van der Waals surface area contributed by atoms with Gasteiger partial charge >= 0.3 is 0 Å². The summed E-state index contributed by atoms with van der Waals surface area (Å²) < 4.78 is 11.3. The highest BCUT2D eigenvalue weighted by molar-refractivity contribution is 5.46. The summed E-state index contributed by atoms with van der Waals surface area (Å²) in [7, 11) is 0. The molecule has 0 heterocycles. The van der Waals surface area contributed by atoms with Gasteiger partial charge in [-0.25, -0.2) is 0 Å². The minimum atomic E-state index is 0.523. The van der Waals surface area contributed by atoms with Crippen molar-refractivity contribution < 1.29 is 9.47 Å². The summed E-state index contributed by atoms with van der Waals surface area (Å²) in [6, 6.07) is 28.3. The van der Waals surface area contributed by atoms with Crippen LogP contribution >= 0.6 is 0 Å².